The zero-order valence-corrected chi connectivity index (χ0v) is 15.3. The van der Waals surface area contributed by atoms with E-state index < -0.39 is 6.10 Å². The van der Waals surface area contributed by atoms with E-state index in [1.54, 1.807) is 6.92 Å². The molecule has 0 radical (unpaired) electrons. The SMILES string of the molecule is CC(=O)N1CCC(CN(C)CC(O)COc2cc(C)ccc2C)C1. The van der Waals surface area contributed by atoms with Crippen molar-refractivity contribution in [3.05, 3.63) is 29.3 Å². The minimum Gasteiger partial charge on any atom is -0.491 e. The van der Waals surface area contributed by atoms with Gasteiger partial charge in [-0.25, -0.2) is 0 Å². The molecule has 1 N–H and O–H groups in total. The van der Waals surface area contributed by atoms with Crippen molar-refractivity contribution in [3.63, 3.8) is 0 Å². The summed E-state index contributed by atoms with van der Waals surface area (Å²) in [5, 5.41) is 10.2. The lowest BCUT2D eigenvalue weighted by molar-refractivity contribution is -0.127. The summed E-state index contributed by atoms with van der Waals surface area (Å²) in [6.07, 6.45) is 0.513. The molecule has 1 amide bonds. The molecular formula is C19H30N2O3. The van der Waals surface area contributed by atoms with E-state index in [1.807, 2.05) is 37.9 Å². The minimum atomic E-state index is -0.528. The van der Waals surface area contributed by atoms with E-state index in [9.17, 15) is 9.90 Å². The van der Waals surface area contributed by atoms with Crippen molar-refractivity contribution in [1.82, 2.24) is 9.80 Å². The molecular weight excluding hydrogens is 304 g/mol. The number of benzene rings is 1. The van der Waals surface area contributed by atoms with E-state index in [4.69, 9.17) is 4.74 Å². The molecule has 134 valence electrons. The molecule has 1 fully saturated rings. The highest BCUT2D eigenvalue weighted by Crippen LogP contribution is 2.20. The molecule has 0 bridgehead atoms. The van der Waals surface area contributed by atoms with Crippen molar-refractivity contribution in [2.75, 3.05) is 39.8 Å². The Morgan fingerprint density at radius 2 is 2.21 bits per heavy atom. The van der Waals surface area contributed by atoms with Gasteiger partial charge in [0.05, 0.1) is 0 Å². The largest absolute Gasteiger partial charge is 0.491 e. The van der Waals surface area contributed by atoms with E-state index >= 15 is 0 Å². The molecule has 24 heavy (non-hydrogen) atoms. The minimum absolute atomic E-state index is 0.155. The molecule has 5 nitrogen and oxygen atoms in total. The number of hydrogen-bond acceptors (Lipinski definition) is 4. The molecule has 1 heterocycles. The van der Waals surface area contributed by atoms with Crippen molar-refractivity contribution >= 4 is 5.91 Å². The molecule has 1 aliphatic rings. The quantitative estimate of drug-likeness (QED) is 0.827. The maximum atomic E-state index is 11.4. The number of likely N-dealkylation sites (N-methyl/N-ethyl adjacent to an activating group) is 1. The lowest BCUT2D eigenvalue weighted by Gasteiger charge is -2.24. The van der Waals surface area contributed by atoms with Gasteiger partial charge in [0.1, 0.15) is 18.5 Å². The van der Waals surface area contributed by atoms with E-state index in [1.165, 1.54) is 0 Å². The number of rotatable bonds is 7. The molecule has 2 atom stereocenters. The Balaban J connectivity index is 1.73. The number of aryl methyl sites for hydroxylation is 2. The first-order valence-corrected chi connectivity index (χ1v) is 8.67. The predicted octanol–water partition coefficient (Wildman–Crippen LogP) is 1.84. The third-order valence-corrected chi connectivity index (χ3v) is 4.60. The second kappa shape index (κ2) is 8.49. The van der Waals surface area contributed by atoms with Crippen LogP contribution in [0.3, 0.4) is 0 Å². The van der Waals surface area contributed by atoms with Gasteiger partial charge in [-0.1, -0.05) is 12.1 Å². The highest BCUT2D eigenvalue weighted by Gasteiger charge is 2.25. The van der Waals surface area contributed by atoms with Crippen LogP contribution < -0.4 is 4.74 Å². The first-order valence-electron chi connectivity index (χ1n) is 8.67. The summed E-state index contributed by atoms with van der Waals surface area (Å²) in [4.78, 5) is 15.4. The summed E-state index contributed by atoms with van der Waals surface area (Å²) < 4.78 is 5.77. The molecule has 1 aromatic rings. The number of carbonyl (C=O) groups excluding carboxylic acids is 1. The summed E-state index contributed by atoms with van der Waals surface area (Å²) in [7, 11) is 2.01. The summed E-state index contributed by atoms with van der Waals surface area (Å²) in [6.45, 7) is 9.10. The Kier molecular flexibility index (Phi) is 6.63. The van der Waals surface area contributed by atoms with Crippen molar-refractivity contribution in [3.8, 4) is 5.75 Å². The molecule has 0 spiro atoms. The maximum absolute atomic E-state index is 11.4. The van der Waals surface area contributed by atoms with Gasteiger partial charge in [0.2, 0.25) is 5.91 Å². The van der Waals surface area contributed by atoms with Crippen LogP contribution in [0.1, 0.15) is 24.5 Å². The fourth-order valence-electron chi connectivity index (χ4n) is 3.24. The summed E-state index contributed by atoms with van der Waals surface area (Å²) >= 11 is 0. The average Bonchev–Trinajstić information content (AvgIpc) is 2.96. The van der Waals surface area contributed by atoms with Crippen LogP contribution in [0, 0.1) is 19.8 Å². The van der Waals surface area contributed by atoms with Gasteiger partial charge in [-0.3, -0.25) is 4.79 Å². The predicted molar refractivity (Wildman–Crippen MR) is 95.3 cm³/mol. The van der Waals surface area contributed by atoms with Gasteiger partial charge in [-0.05, 0) is 50.4 Å². The number of aliphatic hydroxyl groups excluding tert-OH is 1. The molecule has 0 saturated carbocycles. The maximum Gasteiger partial charge on any atom is 0.219 e. The first kappa shape index (κ1) is 18.7. The molecule has 1 saturated heterocycles. The molecule has 5 heteroatoms. The summed E-state index contributed by atoms with van der Waals surface area (Å²) in [6, 6.07) is 6.09. The Morgan fingerprint density at radius 1 is 1.46 bits per heavy atom. The fraction of sp³-hybridized carbons (Fsp3) is 0.632. The van der Waals surface area contributed by atoms with Crippen molar-refractivity contribution < 1.29 is 14.6 Å². The third kappa shape index (κ3) is 5.49. The monoisotopic (exact) mass is 334 g/mol. The van der Waals surface area contributed by atoms with Crippen LogP contribution in [-0.2, 0) is 4.79 Å². The molecule has 1 aliphatic heterocycles. The molecule has 0 aromatic heterocycles. The van der Waals surface area contributed by atoms with Crippen molar-refractivity contribution in [2.45, 2.75) is 33.3 Å². The van der Waals surface area contributed by atoms with Crippen LogP contribution in [0.25, 0.3) is 0 Å². The number of carbonyl (C=O) groups is 1. The van der Waals surface area contributed by atoms with Gasteiger partial charge in [0, 0.05) is 33.1 Å². The van der Waals surface area contributed by atoms with Crippen LogP contribution in [0.15, 0.2) is 18.2 Å². The Labute approximate surface area is 145 Å². The van der Waals surface area contributed by atoms with Gasteiger partial charge < -0.3 is 19.6 Å². The number of ether oxygens (including phenoxy) is 1. The lowest BCUT2D eigenvalue weighted by atomic mass is 10.1. The van der Waals surface area contributed by atoms with E-state index in [0.29, 0.717) is 19.1 Å². The molecule has 1 aromatic carbocycles. The molecule has 0 aliphatic carbocycles. The zero-order chi connectivity index (χ0) is 17.7. The Morgan fingerprint density at radius 3 is 2.88 bits per heavy atom. The molecule has 2 unspecified atom stereocenters. The summed E-state index contributed by atoms with van der Waals surface area (Å²) in [5.74, 6) is 1.48. The Bertz CT molecular complexity index is 562. The van der Waals surface area contributed by atoms with E-state index in [2.05, 4.69) is 11.0 Å². The topological polar surface area (TPSA) is 53.0 Å². The van der Waals surface area contributed by atoms with Crippen LogP contribution in [-0.4, -0.2) is 66.8 Å². The number of nitrogens with zero attached hydrogens (tertiary/aromatic N) is 2. The second-order valence-corrected chi connectivity index (χ2v) is 7.07. The number of aliphatic hydroxyl groups is 1. The van der Waals surface area contributed by atoms with Crippen molar-refractivity contribution in [1.29, 1.82) is 0 Å². The van der Waals surface area contributed by atoms with Crippen molar-refractivity contribution in [2.24, 2.45) is 5.92 Å². The first-order chi connectivity index (χ1) is 11.3. The number of likely N-dealkylation sites (tertiary alicyclic amines) is 1. The highest BCUT2D eigenvalue weighted by molar-refractivity contribution is 5.73. The van der Waals surface area contributed by atoms with E-state index in [0.717, 1.165) is 42.9 Å². The van der Waals surface area contributed by atoms with Gasteiger partial charge in [0.25, 0.3) is 0 Å². The zero-order valence-electron chi connectivity index (χ0n) is 15.3. The third-order valence-electron chi connectivity index (χ3n) is 4.60. The normalized spacial score (nSPS) is 18.9. The average molecular weight is 334 g/mol. The van der Waals surface area contributed by atoms with Gasteiger partial charge >= 0.3 is 0 Å². The van der Waals surface area contributed by atoms with Crippen LogP contribution in [0.4, 0.5) is 0 Å². The van der Waals surface area contributed by atoms with Gasteiger partial charge in [-0.15, -0.1) is 0 Å². The number of hydrogen-bond donors (Lipinski definition) is 1. The fourth-order valence-corrected chi connectivity index (χ4v) is 3.24. The summed E-state index contributed by atoms with van der Waals surface area (Å²) in [5.41, 5.74) is 2.23. The number of amides is 1. The van der Waals surface area contributed by atoms with Crippen LogP contribution in [0.2, 0.25) is 0 Å². The van der Waals surface area contributed by atoms with Crippen LogP contribution >= 0.6 is 0 Å². The lowest BCUT2D eigenvalue weighted by Crippen LogP contribution is -2.37. The second-order valence-electron chi connectivity index (χ2n) is 7.07. The van der Waals surface area contributed by atoms with Crippen LogP contribution in [0.5, 0.6) is 5.75 Å². The molecule has 2 rings (SSSR count). The van der Waals surface area contributed by atoms with Gasteiger partial charge in [0.15, 0.2) is 0 Å². The van der Waals surface area contributed by atoms with E-state index in [-0.39, 0.29) is 5.91 Å². The van der Waals surface area contributed by atoms with Gasteiger partial charge in [-0.2, -0.15) is 0 Å². The standard InChI is InChI=1S/C19H30N2O3/c1-14-5-6-15(2)19(9-14)24-13-18(23)12-20(4)10-17-7-8-21(11-17)16(3)22/h5-6,9,17-18,23H,7-8,10-13H2,1-4H3. The Hall–Kier alpha value is -1.59. The smallest absolute Gasteiger partial charge is 0.219 e. The highest BCUT2D eigenvalue weighted by atomic mass is 16.5.